The molecule has 1 aliphatic rings. The van der Waals surface area contributed by atoms with Gasteiger partial charge in [-0.3, -0.25) is 0 Å². The number of anilines is 1. The quantitative estimate of drug-likeness (QED) is 0.780. The van der Waals surface area contributed by atoms with Gasteiger partial charge in [-0.2, -0.15) is 0 Å². The van der Waals surface area contributed by atoms with E-state index in [-0.39, 0.29) is 0 Å². The number of nitrogens with two attached hydrogens (primary N) is 1. The molecule has 0 bridgehead atoms. The summed E-state index contributed by atoms with van der Waals surface area (Å²) in [5, 5.41) is 0. The molecule has 1 aromatic heterocycles. The molecule has 2 N–H and O–H groups in total. The Morgan fingerprint density at radius 2 is 2.07 bits per heavy atom. The molecular weight excluding hydrogens is 174 g/mol. The van der Waals surface area contributed by atoms with E-state index in [2.05, 4.69) is 16.9 Å². The van der Waals surface area contributed by atoms with E-state index in [0.717, 1.165) is 17.9 Å². The third kappa shape index (κ3) is 1.86. The second-order valence-electron chi connectivity index (χ2n) is 3.98. The number of hydrogen-bond donors (Lipinski definition) is 1. The van der Waals surface area contributed by atoms with Crippen molar-refractivity contribution >= 4 is 5.82 Å². The van der Waals surface area contributed by atoms with Gasteiger partial charge in [-0.15, -0.1) is 0 Å². The molecule has 0 unspecified atom stereocenters. The van der Waals surface area contributed by atoms with Crippen LogP contribution in [0, 0.1) is 0 Å². The van der Waals surface area contributed by atoms with Crippen LogP contribution in [0.1, 0.15) is 50.0 Å². The third-order valence-electron chi connectivity index (χ3n) is 2.90. The lowest BCUT2D eigenvalue weighted by Gasteiger charge is -2.09. The standard InChI is InChI=1S/C11H17N3/c1-2-9-7-10(12)14-11(13-9)8-5-3-4-6-8/h7-8H,2-6H2,1H3,(H2,12,13,14). The zero-order chi connectivity index (χ0) is 9.97. The van der Waals surface area contributed by atoms with Crippen molar-refractivity contribution in [3.8, 4) is 0 Å². The van der Waals surface area contributed by atoms with Crippen molar-refractivity contribution in [2.45, 2.75) is 44.9 Å². The van der Waals surface area contributed by atoms with Crippen molar-refractivity contribution in [2.75, 3.05) is 5.73 Å². The van der Waals surface area contributed by atoms with Crippen LogP contribution in [-0.4, -0.2) is 9.97 Å². The van der Waals surface area contributed by atoms with Crippen molar-refractivity contribution < 1.29 is 0 Å². The zero-order valence-electron chi connectivity index (χ0n) is 8.66. The SMILES string of the molecule is CCc1cc(N)nc(C2CCCC2)n1. The van der Waals surface area contributed by atoms with Crippen LogP contribution < -0.4 is 5.73 Å². The van der Waals surface area contributed by atoms with E-state index in [1.165, 1.54) is 25.7 Å². The number of rotatable bonds is 2. The van der Waals surface area contributed by atoms with E-state index in [4.69, 9.17) is 5.73 Å². The first kappa shape index (κ1) is 9.44. The van der Waals surface area contributed by atoms with Gasteiger partial charge in [-0.05, 0) is 19.3 Å². The van der Waals surface area contributed by atoms with Crippen LogP contribution in [0.25, 0.3) is 0 Å². The summed E-state index contributed by atoms with van der Waals surface area (Å²) in [5.74, 6) is 2.15. The summed E-state index contributed by atoms with van der Waals surface area (Å²) < 4.78 is 0. The summed E-state index contributed by atoms with van der Waals surface area (Å²) in [7, 11) is 0. The maximum atomic E-state index is 5.75. The fraction of sp³-hybridized carbons (Fsp3) is 0.636. The summed E-state index contributed by atoms with van der Waals surface area (Å²) in [6.07, 6.45) is 6.01. The molecule has 0 aliphatic heterocycles. The van der Waals surface area contributed by atoms with Gasteiger partial charge in [0.2, 0.25) is 0 Å². The minimum absolute atomic E-state index is 0.559. The van der Waals surface area contributed by atoms with Gasteiger partial charge < -0.3 is 5.73 Å². The molecule has 2 rings (SSSR count). The Hall–Kier alpha value is -1.12. The second-order valence-corrected chi connectivity index (χ2v) is 3.98. The Bertz CT molecular complexity index is 316. The molecule has 1 saturated carbocycles. The zero-order valence-corrected chi connectivity index (χ0v) is 8.66. The lowest BCUT2D eigenvalue weighted by molar-refractivity contribution is 0.662. The molecule has 0 amide bonds. The Kier molecular flexibility index (Phi) is 2.66. The molecule has 1 heterocycles. The summed E-state index contributed by atoms with van der Waals surface area (Å²) in [6, 6.07) is 1.87. The first-order valence-corrected chi connectivity index (χ1v) is 5.43. The summed E-state index contributed by atoms with van der Waals surface area (Å²) in [5.41, 5.74) is 6.82. The van der Waals surface area contributed by atoms with E-state index in [0.29, 0.717) is 11.7 Å². The summed E-state index contributed by atoms with van der Waals surface area (Å²) >= 11 is 0. The van der Waals surface area contributed by atoms with Crippen molar-refractivity contribution in [2.24, 2.45) is 0 Å². The molecule has 0 radical (unpaired) electrons. The van der Waals surface area contributed by atoms with Gasteiger partial charge in [0, 0.05) is 17.7 Å². The van der Waals surface area contributed by atoms with E-state index < -0.39 is 0 Å². The fourth-order valence-corrected chi connectivity index (χ4v) is 2.09. The number of aromatic nitrogens is 2. The predicted octanol–water partition coefficient (Wildman–Crippen LogP) is 2.28. The highest BCUT2D eigenvalue weighted by molar-refractivity contribution is 5.30. The van der Waals surface area contributed by atoms with E-state index >= 15 is 0 Å². The van der Waals surface area contributed by atoms with Crippen LogP contribution in [0.3, 0.4) is 0 Å². The van der Waals surface area contributed by atoms with Crippen molar-refractivity contribution in [1.82, 2.24) is 9.97 Å². The van der Waals surface area contributed by atoms with Crippen molar-refractivity contribution in [3.05, 3.63) is 17.6 Å². The minimum Gasteiger partial charge on any atom is -0.384 e. The molecule has 1 fully saturated rings. The topological polar surface area (TPSA) is 51.8 Å². The second kappa shape index (κ2) is 3.95. The first-order valence-electron chi connectivity index (χ1n) is 5.43. The average molecular weight is 191 g/mol. The summed E-state index contributed by atoms with van der Waals surface area (Å²) in [4.78, 5) is 8.87. The highest BCUT2D eigenvalue weighted by Gasteiger charge is 2.20. The van der Waals surface area contributed by atoms with Crippen LogP contribution in [0.5, 0.6) is 0 Å². The van der Waals surface area contributed by atoms with Gasteiger partial charge in [-0.25, -0.2) is 9.97 Å². The number of nitrogens with zero attached hydrogens (tertiary/aromatic N) is 2. The lowest BCUT2D eigenvalue weighted by atomic mass is 10.1. The van der Waals surface area contributed by atoms with Crippen LogP contribution in [-0.2, 0) is 6.42 Å². The Balaban J connectivity index is 2.27. The number of hydrogen-bond acceptors (Lipinski definition) is 3. The highest BCUT2D eigenvalue weighted by atomic mass is 15.0. The first-order chi connectivity index (χ1) is 6.79. The Morgan fingerprint density at radius 1 is 1.36 bits per heavy atom. The van der Waals surface area contributed by atoms with Gasteiger partial charge >= 0.3 is 0 Å². The number of nitrogen functional groups attached to an aromatic ring is 1. The van der Waals surface area contributed by atoms with Crippen LogP contribution in [0.15, 0.2) is 6.07 Å². The number of aryl methyl sites for hydroxylation is 1. The molecule has 0 saturated heterocycles. The van der Waals surface area contributed by atoms with Gasteiger partial charge in [-0.1, -0.05) is 19.8 Å². The molecule has 0 aromatic carbocycles. The van der Waals surface area contributed by atoms with E-state index in [1.54, 1.807) is 0 Å². The van der Waals surface area contributed by atoms with Crippen LogP contribution in [0.4, 0.5) is 5.82 Å². The summed E-state index contributed by atoms with van der Waals surface area (Å²) in [6.45, 7) is 2.10. The lowest BCUT2D eigenvalue weighted by Crippen LogP contribution is -2.06. The van der Waals surface area contributed by atoms with Gasteiger partial charge in [0.05, 0.1) is 0 Å². The van der Waals surface area contributed by atoms with Crippen LogP contribution in [0.2, 0.25) is 0 Å². The van der Waals surface area contributed by atoms with Crippen LogP contribution >= 0.6 is 0 Å². The normalized spacial score (nSPS) is 17.5. The molecule has 76 valence electrons. The molecule has 3 nitrogen and oxygen atoms in total. The predicted molar refractivity (Wildman–Crippen MR) is 57.0 cm³/mol. The monoisotopic (exact) mass is 191 g/mol. The van der Waals surface area contributed by atoms with E-state index in [9.17, 15) is 0 Å². The van der Waals surface area contributed by atoms with E-state index in [1.807, 2.05) is 6.07 Å². The maximum Gasteiger partial charge on any atom is 0.134 e. The van der Waals surface area contributed by atoms with Gasteiger partial charge in [0.15, 0.2) is 0 Å². The maximum absolute atomic E-state index is 5.75. The minimum atomic E-state index is 0.559. The third-order valence-corrected chi connectivity index (χ3v) is 2.90. The largest absolute Gasteiger partial charge is 0.384 e. The molecule has 0 spiro atoms. The smallest absolute Gasteiger partial charge is 0.134 e. The van der Waals surface area contributed by atoms with Crippen molar-refractivity contribution in [1.29, 1.82) is 0 Å². The molecular formula is C11H17N3. The Labute approximate surface area is 84.8 Å². The van der Waals surface area contributed by atoms with Gasteiger partial charge in [0.1, 0.15) is 11.6 Å². The molecule has 14 heavy (non-hydrogen) atoms. The average Bonchev–Trinajstić information content (AvgIpc) is 2.69. The van der Waals surface area contributed by atoms with Gasteiger partial charge in [0.25, 0.3) is 0 Å². The molecule has 1 aliphatic carbocycles. The molecule has 0 atom stereocenters. The van der Waals surface area contributed by atoms with Crippen molar-refractivity contribution in [3.63, 3.8) is 0 Å². The fourth-order valence-electron chi connectivity index (χ4n) is 2.09. The highest BCUT2D eigenvalue weighted by Crippen LogP contribution is 2.32. The molecule has 3 heteroatoms. The Morgan fingerprint density at radius 3 is 2.71 bits per heavy atom. The molecule has 1 aromatic rings.